The SMILES string of the molecule is O=C1C(=NO)C(c2ccccc2)(c2ccccc2)c2ccccc21. The van der Waals surface area contributed by atoms with Crippen molar-refractivity contribution in [2.45, 2.75) is 5.41 Å². The predicted octanol–water partition coefficient (Wildman–Crippen LogP) is 4.05. The molecule has 0 atom stereocenters. The Balaban J connectivity index is 2.17. The molecule has 116 valence electrons. The first kappa shape index (κ1) is 14.4. The first-order chi connectivity index (χ1) is 11.8. The molecule has 3 nitrogen and oxygen atoms in total. The Morgan fingerprint density at radius 1 is 0.708 bits per heavy atom. The number of hydrogen-bond acceptors (Lipinski definition) is 3. The Morgan fingerprint density at radius 2 is 1.21 bits per heavy atom. The smallest absolute Gasteiger partial charge is 0.212 e. The summed E-state index contributed by atoms with van der Waals surface area (Å²) < 4.78 is 0. The van der Waals surface area contributed by atoms with Gasteiger partial charge in [-0.1, -0.05) is 90.1 Å². The van der Waals surface area contributed by atoms with Gasteiger partial charge < -0.3 is 5.21 Å². The van der Waals surface area contributed by atoms with Crippen LogP contribution in [0.5, 0.6) is 0 Å². The fourth-order valence-electron chi connectivity index (χ4n) is 3.68. The molecule has 0 amide bonds. The van der Waals surface area contributed by atoms with Crippen LogP contribution in [-0.2, 0) is 5.41 Å². The van der Waals surface area contributed by atoms with Gasteiger partial charge in [-0.05, 0) is 16.7 Å². The number of nitrogens with zero attached hydrogens (tertiary/aromatic N) is 1. The largest absolute Gasteiger partial charge is 0.410 e. The van der Waals surface area contributed by atoms with E-state index in [9.17, 15) is 10.0 Å². The average Bonchev–Trinajstić information content (AvgIpc) is 2.92. The van der Waals surface area contributed by atoms with Gasteiger partial charge in [-0.25, -0.2) is 0 Å². The first-order valence-corrected chi connectivity index (χ1v) is 7.78. The van der Waals surface area contributed by atoms with Crippen LogP contribution in [0, 0.1) is 0 Å². The van der Waals surface area contributed by atoms with Crippen molar-refractivity contribution in [2.75, 3.05) is 0 Å². The monoisotopic (exact) mass is 313 g/mol. The Morgan fingerprint density at radius 3 is 1.75 bits per heavy atom. The summed E-state index contributed by atoms with van der Waals surface area (Å²) in [5.74, 6) is -0.235. The summed E-state index contributed by atoms with van der Waals surface area (Å²) in [6.45, 7) is 0. The lowest BCUT2D eigenvalue weighted by Crippen LogP contribution is -2.37. The van der Waals surface area contributed by atoms with Gasteiger partial charge in [0, 0.05) is 5.56 Å². The minimum absolute atomic E-state index is 0.140. The number of Topliss-reactive ketones (excluding diaryl/α,β-unsaturated/α-hetero) is 1. The summed E-state index contributed by atoms with van der Waals surface area (Å²) >= 11 is 0. The highest BCUT2D eigenvalue weighted by Gasteiger charge is 2.52. The summed E-state index contributed by atoms with van der Waals surface area (Å²) in [7, 11) is 0. The van der Waals surface area contributed by atoms with Crippen LogP contribution >= 0.6 is 0 Å². The molecule has 4 rings (SSSR count). The van der Waals surface area contributed by atoms with Gasteiger partial charge in [-0.2, -0.15) is 0 Å². The molecule has 1 aliphatic rings. The average molecular weight is 313 g/mol. The lowest BCUT2D eigenvalue weighted by atomic mass is 9.69. The van der Waals surface area contributed by atoms with Crippen molar-refractivity contribution in [1.29, 1.82) is 0 Å². The number of rotatable bonds is 2. The van der Waals surface area contributed by atoms with Gasteiger partial charge in [0.05, 0.1) is 5.41 Å². The van der Waals surface area contributed by atoms with Crippen LogP contribution in [0.3, 0.4) is 0 Å². The zero-order valence-electron chi connectivity index (χ0n) is 12.9. The summed E-state index contributed by atoms with van der Waals surface area (Å²) in [5.41, 5.74) is 2.48. The Labute approximate surface area is 139 Å². The minimum Gasteiger partial charge on any atom is -0.410 e. The van der Waals surface area contributed by atoms with Crippen molar-refractivity contribution in [1.82, 2.24) is 0 Å². The first-order valence-electron chi connectivity index (χ1n) is 7.78. The lowest BCUT2D eigenvalue weighted by molar-refractivity contribution is 0.106. The summed E-state index contributed by atoms with van der Waals surface area (Å²) in [6.07, 6.45) is 0. The number of hydrogen-bond donors (Lipinski definition) is 1. The van der Waals surface area contributed by atoms with Gasteiger partial charge in [0.15, 0.2) is 0 Å². The van der Waals surface area contributed by atoms with Crippen LogP contribution in [-0.4, -0.2) is 16.7 Å². The van der Waals surface area contributed by atoms with Crippen molar-refractivity contribution in [3.05, 3.63) is 107 Å². The highest BCUT2D eigenvalue weighted by Crippen LogP contribution is 2.47. The zero-order valence-corrected chi connectivity index (χ0v) is 12.9. The van der Waals surface area contributed by atoms with Crippen molar-refractivity contribution in [3.63, 3.8) is 0 Å². The number of benzene rings is 3. The molecule has 0 fully saturated rings. The van der Waals surface area contributed by atoms with E-state index in [-0.39, 0.29) is 11.5 Å². The van der Waals surface area contributed by atoms with E-state index in [1.54, 1.807) is 6.07 Å². The molecule has 24 heavy (non-hydrogen) atoms. The van der Waals surface area contributed by atoms with Gasteiger partial charge >= 0.3 is 0 Å². The third kappa shape index (κ3) is 1.78. The number of fused-ring (bicyclic) bond motifs is 1. The highest BCUT2D eigenvalue weighted by atomic mass is 16.4. The standard InChI is InChI=1S/C21H15NO2/c23-19-17-13-7-8-14-18(17)21(20(19)22-24,15-9-3-1-4-10-15)16-11-5-2-6-12-16/h1-14,24H. The van der Waals surface area contributed by atoms with Gasteiger partial charge in [-0.3, -0.25) is 4.79 Å². The number of carbonyl (C=O) groups excluding carboxylic acids is 1. The van der Waals surface area contributed by atoms with E-state index >= 15 is 0 Å². The molecule has 0 bridgehead atoms. The molecule has 0 unspecified atom stereocenters. The second-order valence-electron chi connectivity index (χ2n) is 5.81. The fourth-order valence-corrected chi connectivity index (χ4v) is 3.68. The van der Waals surface area contributed by atoms with Crippen molar-refractivity contribution in [2.24, 2.45) is 5.16 Å². The molecule has 0 aromatic heterocycles. The third-order valence-corrected chi connectivity index (χ3v) is 4.66. The molecule has 0 spiro atoms. The van der Waals surface area contributed by atoms with E-state index in [0.29, 0.717) is 5.56 Å². The Hall–Kier alpha value is -3.20. The molecule has 0 aliphatic heterocycles. The molecule has 0 saturated carbocycles. The lowest BCUT2D eigenvalue weighted by Gasteiger charge is -2.31. The van der Waals surface area contributed by atoms with Crippen LogP contribution < -0.4 is 0 Å². The van der Waals surface area contributed by atoms with Crippen molar-refractivity contribution in [3.8, 4) is 0 Å². The van der Waals surface area contributed by atoms with Crippen LogP contribution in [0.1, 0.15) is 27.0 Å². The molecule has 3 heteroatoms. The zero-order chi connectivity index (χ0) is 16.6. The van der Waals surface area contributed by atoms with Gasteiger partial charge in [0.25, 0.3) is 0 Å². The van der Waals surface area contributed by atoms with Crippen molar-refractivity contribution >= 4 is 11.5 Å². The summed E-state index contributed by atoms with van der Waals surface area (Å²) in [4.78, 5) is 12.9. The van der Waals surface area contributed by atoms with Crippen LogP contribution in [0.25, 0.3) is 0 Å². The van der Waals surface area contributed by atoms with E-state index < -0.39 is 5.41 Å². The van der Waals surface area contributed by atoms with Gasteiger partial charge in [-0.15, -0.1) is 0 Å². The molecule has 0 heterocycles. The summed E-state index contributed by atoms with van der Waals surface area (Å²) in [6, 6.07) is 26.9. The maximum absolute atomic E-state index is 12.9. The molecule has 0 radical (unpaired) electrons. The van der Waals surface area contributed by atoms with E-state index in [1.807, 2.05) is 78.9 Å². The van der Waals surface area contributed by atoms with Crippen LogP contribution in [0.15, 0.2) is 90.1 Å². The highest BCUT2D eigenvalue weighted by molar-refractivity contribution is 6.53. The van der Waals surface area contributed by atoms with Gasteiger partial charge in [0.2, 0.25) is 5.78 Å². The van der Waals surface area contributed by atoms with E-state index in [2.05, 4.69) is 5.16 Å². The maximum atomic E-state index is 12.9. The van der Waals surface area contributed by atoms with E-state index in [0.717, 1.165) is 16.7 Å². The van der Waals surface area contributed by atoms with Crippen LogP contribution in [0.2, 0.25) is 0 Å². The molecular weight excluding hydrogens is 298 g/mol. The topological polar surface area (TPSA) is 49.7 Å². The molecule has 3 aromatic rings. The quantitative estimate of drug-likeness (QED) is 0.573. The minimum atomic E-state index is -0.898. The fraction of sp³-hybridized carbons (Fsp3) is 0.0476. The molecular formula is C21H15NO2. The Bertz CT molecular complexity index is 891. The van der Waals surface area contributed by atoms with E-state index in [4.69, 9.17) is 0 Å². The van der Waals surface area contributed by atoms with Crippen molar-refractivity contribution < 1.29 is 10.0 Å². The normalized spacial score (nSPS) is 17.0. The summed E-state index contributed by atoms with van der Waals surface area (Å²) in [5, 5.41) is 13.2. The maximum Gasteiger partial charge on any atom is 0.212 e. The second-order valence-corrected chi connectivity index (χ2v) is 5.81. The number of oxime groups is 1. The molecule has 0 saturated heterocycles. The predicted molar refractivity (Wildman–Crippen MR) is 92.8 cm³/mol. The third-order valence-electron chi connectivity index (χ3n) is 4.66. The van der Waals surface area contributed by atoms with Gasteiger partial charge in [0.1, 0.15) is 5.71 Å². The number of ketones is 1. The molecule has 3 aromatic carbocycles. The van der Waals surface area contributed by atoms with Crippen LogP contribution in [0.4, 0.5) is 0 Å². The molecule has 1 N–H and O–H groups in total. The van der Waals surface area contributed by atoms with E-state index in [1.165, 1.54) is 0 Å². The molecule has 1 aliphatic carbocycles. The number of carbonyl (C=O) groups is 1. The Kier molecular flexibility index (Phi) is 3.28. The second kappa shape index (κ2) is 5.46.